The Kier molecular flexibility index (Phi) is 10.1. The van der Waals surface area contributed by atoms with E-state index in [-0.39, 0.29) is 19.5 Å². The van der Waals surface area contributed by atoms with E-state index in [1.165, 1.54) is 4.90 Å². The second-order valence-electron chi connectivity index (χ2n) is 3.67. The van der Waals surface area contributed by atoms with Gasteiger partial charge in [-0.2, -0.15) is 0 Å². The first-order valence-corrected chi connectivity index (χ1v) is 7.02. The predicted molar refractivity (Wildman–Crippen MR) is 77.1 cm³/mol. The van der Waals surface area contributed by atoms with Gasteiger partial charge in [0.05, 0.1) is 0 Å². The van der Waals surface area contributed by atoms with E-state index in [4.69, 9.17) is 12.2 Å². The van der Waals surface area contributed by atoms with Crippen molar-refractivity contribution in [2.45, 2.75) is 31.6 Å². The Bertz CT molecular complexity index is 310. The van der Waals surface area contributed by atoms with Gasteiger partial charge in [-0.15, -0.1) is 0 Å². The number of benzene rings is 1. The van der Waals surface area contributed by atoms with Gasteiger partial charge in [-0.25, -0.2) is 0 Å². The van der Waals surface area contributed by atoms with Gasteiger partial charge in [-0.1, -0.05) is 56.0 Å². The molecule has 0 aliphatic heterocycles. The summed E-state index contributed by atoms with van der Waals surface area (Å²) < 4.78 is 0.995. The van der Waals surface area contributed by atoms with Gasteiger partial charge in [0.2, 0.25) is 0 Å². The molecule has 0 radical (unpaired) electrons. The van der Waals surface area contributed by atoms with Crippen molar-refractivity contribution in [3.8, 4) is 0 Å². The van der Waals surface area contributed by atoms with E-state index < -0.39 is 0 Å². The zero-order chi connectivity index (χ0) is 11.8. The third-order valence-corrected chi connectivity index (χ3v) is 3.64. The van der Waals surface area contributed by atoms with Gasteiger partial charge in [-0.05, 0) is 25.0 Å². The van der Waals surface area contributed by atoms with E-state index in [1.54, 1.807) is 11.8 Å². The van der Waals surface area contributed by atoms with Crippen LogP contribution in [0.25, 0.3) is 0 Å². The van der Waals surface area contributed by atoms with Crippen LogP contribution in [0.4, 0.5) is 0 Å². The monoisotopic (exact) mass is 317 g/mol. The van der Waals surface area contributed by atoms with Crippen molar-refractivity contribution in [1.29, 1.82) is 0 Å². The molecule has 0 spiro atoms. The maximum absolute atomic E-state index is 5.48. The van der Waals surface area contributed by atoms with Gasteiger partial charge in [0, 0.05) is 37.5 Å². The number of thiocarbonyl (C=S) groups is 1. The topological polar surface area (TPSA) is 3.24 Å². The molecular weight excluding hydrogens is 300 g/mol. The first kappa shape index (κ1) is 17.1. The molecule has 1 aromatic carbocycles. The summed E-state index contributed by atoms with van der Waals surface area (Å²) in [5.41, 5.74) is 0. The Hall–Kier alpha value is 0.0834. The van der Waals surface area contributed by atoms with E-state index in [0.29, 0.717) is 0 Å². The molecule has 1 nitrogen and oxygen atoms in total. The Morgan fingerprint density at radius 3 is 2.12 bits per heavy atom. The molecule has 1 rings (SSSR count). The molecular formula is C13H19NS2Zn. The van der Waals surface area contributed by atoms with E-state index in [1.807, 2.05) is 6.07 Å². The summed E-state index contributed by atoms with van der Waals surface area (Å²) in [5, 5.41) is 0. The number of nitrogens with zero attached hydrogens (tertiary/aromatic N) is 1. The minimum atomic E-state index is 0. The number of thioether (sulfide) groups is 1. The Morgan fingerprint density at radius 2 is 1.65 bits per heavy atom. The van der Waals surface area contributed by atoms with Gasteiger partial charge in [-0.3, -0.25) is 0 Å². The smallest absolute Gasteiger partial charge is 0.141 e. The minimum Gasteiger partial charge on any atom is -0.357 e. The van der Waals surface area contributed by atoms with Crippen LogP contribution in [0.15, 0.2) is 35.2 Å². The molecule has 1 aromatic rings. The largest absolute Gasteiger partial charge is 0.357 e. The van der Waals surface area contributed by atoms with Crippen LogP contribution >= 0.6 is 24.0 Å². The van der Waals surface area contributed by atoms with Crippen molar-refractivity contribution in [2.24, 2.45) is 0 Å². The summed E-state index contributed by atoms with van der Waals surface area (Å²) >= 11 is 7.17. The van der Waals surface area contributed by atoms with E-state index >= 15 is 0 Å². The van der Waals surface area contributed by atoms with Gasteiger partial charge >= 0.3 is 0 Å². The second kappa shape index (κ2) is 10.0. The fraction of sp³-hybridized carbons (Fsp3) is 0.462. The van der Waals surface area contributed by atoms with Crippen molar-refractivity contribution in [3.05, 3.63) is 30.3 Å². The average molecular weight is 319 g/mol. The fourth-order valence-corrected chi connectivity index (χ4v) is 2.77. The quantitative estimate of drug-likeness (QED) is 0.455. The van der Waals surface area contributed by atoms with Crippen LogP contribution in [0, 0.1) is 0 Å². The molecule has 0 amide bonds. The molecule has 0 saturated heterocycles. The molecule has 0 fully saturated rings. The van der Waals surface area contributed by atoms with Crippen LogP contribution in [0.5, 0.6) is 0 Å². The van der Waals surface area contributed by atoms with Crippen LogP contribution < -0.4 is 0 Å². The molecule has 0 atom stereocenters. The molecule has 0 unspecified atom stereocenters. The third kappa shape index (κ3) is 6.54. The zero-order valence-electron chi connectivity index (χ0n) is 10.7. The molecule has 0 heterocycles. The van der Waals surface area contributed by atoms with Crippen LogP contribution in [0.3, 0.4) is 0 Å². The summed E-state index contributed by atoms with van der Waals surface area (Å²) in [6.07, 6.45) is 2.30. The molecule has 0 aromatic heterocycles. The van der Waals surface area contributed by atoms with Gasteiger partial charge in [0.1, 0.15) is 4.32 Å². The number of rotatable bonds is 5. The molecule has 0 aliphatic rings. The molecule has 0 saturated carbocycles. The summed E-state index contributed by atoms with van der Waals surface area (Å²) in [5.74, 6) is 0. The Balaban J connectivity index is 0.00000256. The predicted octanol–water partition coefficient (Wildman–Crippen LogP) is 4.18. The summed E-state index contributed by atoms with van der Waals surface area (Å²) in [4.78, 5) is 3.53. The molecule has 0 N–H and O–H groups in total. The van der Waals surface area contributed by atoms with Gasteiger partial charge < -0.3 is 4.90 Å². The van der Waals surface area contributed by atoms with Crippen LogP contribution in [0.2, 0.25) is 0 Å². The van der Waals surface area contributed by atoms with Crippen LogP contribution in [0.1, 0.15) is 26.7 Å². The molecule has 17 heavy (non-hydrogen) atoms. The summed E-state index contributed by atoms with van der Waals surface area (Å²) in [6.45, 7) is 6.51. The fourth-order valence-electron chi connectivity index (χ4n) is 1.49. The first-order valence-electron chi connectivity index (χ1n) is 5.79. The maximum Gasteiger partial charge on any atom is 0.141 e. The summed E-state index contributed by atoms with van der Waals surface area (Å²) in [7, 11) is 0. The zero-order valence-corrected chi connectivity index (χ0v) is 15.3. The first-order chi connectivity index (χ1) is 7.77. The normalized spacial score (nSPS) is 9.53. The average Bonchev–Trinajstić information content (AvgIpc) is 2.30. The number of hydrogen-bond acceptors (Lipinski definition) is 2. The van der Waals surface area contributed by atoms with E-state index in [2.05, 4.69) is 43.0 Å². The Labute approximate surface area is 127 Å². The summed E-state index contributed by atoms with van der Waals surface area (Å²) in [6, 6.07) is 10.3. The second-order valence-corrected chi connectivity index (χ2v) is 5.38. The standard InChI is InChI=1S/C13H19NS2.Zn/c1-3-10-14(11-4-2)13(15)16-12-8-6-5-7-9-12;/h5-9H,3-4,10-11H2,1-2H3;. The van der Waals surface area contributed by atoms with Crippen LogP contribution in [-0.4, -0.2) is 22.3 Å². The SMILES string of the molecule is CCCN(CCC)C(=S)Sc1ccccc1.[Zn]. The third-order valence-electron chi connectivity index (χ3n) is 2.19. The Morgan fingerprint density at radius 1 is 1.12 bits per heavy atom. The van der Waals surface area contributed by atoms with Crippen molar-refractivity contribution >= 4 is 28.3 Å². The van der Waals surface area contributed by atoms with Gasteiger partial charge in [0.15, 0.2) is 0 Å². The van der Waals surface area contributed by atoms with Crippen molar-refractivity contribution < 1.29 is 19.5 Å². The number of hydrogen-bond donors (Lipinski definition) is 0. The van der Waals surface area contributed by atoms with Gasteiger partial charge in [0.25, 0.3) is 0 Å². The minimum absolute atomic E-state index is 0. The van der Waals surface area contributed by atoms with Crippen molar-refractivity contribution in [2.75, 3.05) is 13.1 Å². The van der Waals surface area contributed by atoms with E-state index in [9.17, 15) is 0 Å². The van der Waals surface area contributed by atoms with E-state index in [0.717, 1.165) is 30.3 Å². The maximum atomic E-state index is 5.48. The van der Waals surface area contributed by atoms with Crippen LogP contribution in [-0.2, 0) is 19.5 Å². The molecule has 0 aliphatic carbocycles. The van der Waals surface area contributed by atoms with Crippen molar-refractivity contribution in [3.63, 3.8) is 0 Å². The molecule has 0 bridgehead atoms. The van der Waals surface area contributed by atoms with Crippen molar-refractivity contribution in [1.82, 2.24) is 4.90 Å². The molecule has 90 valence electrons. The molecule has 4 heteroatoms.